The molecule has 4 nitrogen and oxygen atoms in total. The number of aliphatic hydroxyl groups is 1. The summed E-state index contributed by atoms with van der Waals surface area (Å²) in [6.45, 7) is 2.54. The minimum Gasteiger partial charge on any atom is -0.387 e. The number of fused-ring (bicyclic) bond motifs is 2. The summed E-state index contributed by atoms with van der Waals surface area (Å²) in [7, 11) is 4.35. The van der Waals surface area contributed by atoms with E-state index in [-0.39, 0.29) is 28.8 Å². The molecule has 1 aromatic heterocycles. The monoisotopic (exact) mass is 457 g/mol. The molecule has 2 bridgehead atoms. The second-order valence-electron chi connectivity index (χ2n) is 12.3. The van der Waals surface area contributed by atoms with Gasteiger partial charge in [0.05, 0.1) is 25.3 Å². The van der Waals surface area contributed by atoms with Crippen molar-refractivity contribution in [2.45, 2.75) is 81.1 Å². The Hall–Kier alpha value is -2.01. The summed E-state index contributed by atoms with van der Waals surface area (Å²) in [5.41, 5.74) is 4.15. The number of quaternary nitrogens is 1. The zero-order valence-corrected chi connectivity index (χ0v) is 20.7. The van der Waals surface area contributed by atoms with Gasteiger partial charge in [0.15, 0.2) is 0 Å². The molecule has 3 fully saturated rings. The number of aliphatic hydroxyl groups excluding tert-OH is 1. The molecule has 2 N–H and O–H groups in total. The molecule has 1 saturated heterocycles. The average molecular weight is 458 g/mol. The van der Waals surface area contributed by atoms with E-state index in [0.29, 0.717) is 11.8 Å². The van der Waals surface area contributed by atoms with Crippen LogP contribution in [0.1, 0.15) is 63.4 Å². The van der Waals surface area contributed by atoms with Crippen molar-refractivity contribution in [3.8, 4) is 0 Å². The first-order valence-electron chi connectivity index (χ1n) is 13.3. The Balaban J connectivity index is 1.28. The molecule has 0 radical (unpaired) electrons. The third kappa shape index (κ3) is 2.68. The van der Waals surface area contributed by atoms with E-state index in [1.54, 1.807) is 0 Å². The molecule has 178 valence electrons. The van der Waals surface area contributed by atoms with Crippen molar-refractivity contribution in [3.63, 3.8) is 0 Å². The third-order valence-corrected chi connectivity index (χ3v) is 10.6. The Kier molecular flexibility index (Phi) is 4.40. The second kappa shape index (κ2) is 7.02. The summed E-state index contributed by atoms with van der Waals surface area (Å²) in [5, 5.41) is 13.4. The van der Waals surface area contributed by atoms with Crippen LogP contribution in [0.25, 0.3) is 10.8 Å². The van der Waals surface area contributed by atoms with E-state index in [1.807, 2.05) is 12.4 Å². The van der Waals surface area contributed by atoms with Crippen molar-refractivity contribution in [2.24, 2.45) is 11.3 Å². The highest BCUT2D eigenvalue weighted by Gasteiger charge is 2.67. The first-order valence-corrected chi connectivity index (χ1v) is 13.3. The lowest BCUT2D eigenvalue weighted by Crippen LogP contribution is -3.12. The summed E-state index contributed by atoms with van der Waals surface area (Å²) < 4.78 is 7.37. The lowest BCUT2D eigenvalue weighted by molar-refractivity contribution is -0.891. The predicted octanol–water partition coefficient (Wildman–Crippen LogP) is 3.96. The van der Waals surface area contributed by atoms with Gasteiger partial charge in [-0.05, 0) is 83.6 Å². The van der Waals surface area contributed by atoms with E-state index in [0.717, 1.165) is 32.1 Å². The Labute approximate surface area is 202 Å². The smallest absolute Gasteiger partial charge is 0.117 e. The maximum Gasteiger partial charge on any atom is 0.117 e. The number of allylic oxidation sites excluding steroid dienone is 1. The number of benzene rings is 1. The van der Waals surface area contributed by atoms with E-state index < -0.39 is 0 Å². The summed E-state index contributed by atoms with van der Waals surface area (Å²) in [6.07, 6.45) is 16.1. The second-order valence-corrected chi connectivity index (χ2v) is 12.3. The SMILES string of the molecule is C[NH+](C)C1CC23CCC4(O2)C(=CCC2(C)C(c5ccc6ccncc6c5)CCC42)C=C3CC1O. The highest BCUT2D eigenvalue weighted by Crippen LogP contribution is 2.69. The first kappa shape index (κ1) is 21.3. The maximum absolute atomic E-state index is 10.9. The van der Waals surface area contributed by atoms with Crippen LogP contribution in [-0.4, -0.2) is 47.5 Å². The molecular formula is C30H37N2O2+. The number of aromatic nitrogens is 1. The Morgan fingerprint density at radius 1 is 1.12 bits per heavy atom. The molecule has 0 amide bonds. The van der Waals surface area contributed by atoms with Gasteiger partial charge in [-0.2, -0.15) is 0 Å². The van der Waals surface area contributed by atoms with Gasteiger partial charge in [-0.25, -0.2) is 0 Å². The molecule has 7 rings (SSSR count). The van der Waals surface area contributed by atoms with E-state index >= 15 is 0 Å². The predicted molar refractivity (Wildman–Crippen MR) is 134 cm³/mol. The van der Waals surface area contributed by atoms with Crippen LogP contribution >= 0.6 is 0 Å². The van der Waals surface area contributed by atoms with E-state index in [9.17, 15) is 5.11 Å². The Morgan fingerprint density at radius 3 is 2.85 bits per heavy atom. The van der Waals surface area contributed by atoms with Crippen molar-refractivity contribution in [1.29, 1.82) is 0 Å². The lowest BCUT2D eigenvalue weighted by Gasteiger charge is -2.54. The van der Waals surface area contributed by atoms with Crippen LogP contribution in [0.15, 0.2) is 60.0 Å². The van der Waals surface area contributed by atoms with Crippen molar-refractivity contribution < 1.29 is 14.7 Å². The molecule has 3 heterocycles. The van der Waals surface area contributed by atoms with Crippen molar-refractivity contribution in [1.82, 2.24) is 4.98 Å². The molecular weight excluding hydrogens is 420 g/mol. The van der Waals surface area contributed by atoms with Gasteiger partial charge < -0.3 is 14.7 Å². The molecule has 4 heteroatoms. The topological polar surface area (TPSA) is 46.8 Å². The number of ether oxygens (including phenoxy) is 1. The number of hydrogen-bond acceptors (Lipinski definition) is 3. The van der Waals surface area contributed by atoms with Gasteiger partial charge in [0.2, 0.25) is 0 Å². The van der Waals surface area contributed by atoms with Gasteiger partial charge in [-0.3, -0.25) is 4.98 Å². The van der Waals surface area contributed by atoms with Crippen LogP contribution in [-0.2, 0) is 4.74 Å². The molecule has 2 aliphatic heterocycles. The lowest BCUT2D eigenvalue weighted by atomic mass is 9.58. The van der Waals surface area contributed by atoms with E-state index in [4.69, 9.17) is 4.74 Å². The summed E-state index contributed by atoms with van der Waals surface area (Å²) in [5.74, 6) is 1.09. The first-order chi connectivity index (χ1) is 16.3. The normalized spacial score (nSPS) is 42.7. The number of likely N-dealkylation sites (N-methyl/N-ethyl adjacent to an activating group) is 1. The average Bonchev–Trinajstić information content (AvgIpc) is 3.34. The van der Waals surface area contributed by atoms with E-state index in [1.165, 1.54) is 45.2 Å². The largest absolute Gasteiger partial charge is 0.387 e. The zero-order valence-electron chi connectivity index (χ0n) is 20.7. The van der Waals surface area contributed by atoms with Gasteiger partial charge in [0, 0.05) is 30.6 Å². The van der Waals surface area contributed by atoms with Crippen molar-refractivity contribution in [2.75, 3.05) is 14.1 Å². The number of hydrogen-bond donors (Lipinski definition) is 2. The molecule has 7 unspecified atom stereocenters. The molecule has 1 aromatic carbocycles. The fourth-order valence-electron chi connectivity index (χ4n) is 8.84. The van der Waals surface area contributed by atoms with Crippen LogP contribution in [0.3, 0.4) is 0 Å². The molecule has 5 aliphatic rings. The fourth-order valence-corrected chi connectivity index (χ4v) is 8.84. The molecule has 2 spiro atoms. The maximum atomic E-state index is 10.9. The Morgan fingerprint density at radius 2 is 2.00 bits per heavy atom. The van der Waals surface area contributed by atoms with E-state index in [2.05, 4.69) is 62.4 Å². The van der Waals surface area contributed by atoms with Gasteiger partial charge in [0.1, 0.15) is 12.1 Å². The minimum absolute atomic E-state index is 0.141. The van der Waals surface area contributed by atoms with Crippen LogP contribution in [0, 0.1) is 11.3 Å². The molecule has 2 saturated carbocycles. The van der Waals surface area contributed by atoms with Gasteiger partial charge in [-0.1, -0.05) is 31.2 Å². The highest BCUT2D eigenvalue weighted by atomic mass is 16.5. The minimum atomic E-state index is -0.272. The fraction of sp³-hybridized carbons (Fsp3) is 0.567. The quantitative estimate of drug-likeness (QED) is 0.718. The molecule has 7 atom stereocenters. The molecule has 2 aromatic rings. The molecule has 3 aliphatic carbocycles. The van der Waals surface area contributed by atoms with Crippen molar-refractivity contribution >= 4 is 10.8 Å². The summed E-state index contributed by atoms with van der Waals surface area (Å²) in [6, 6.07) is 9.38. The number of nitrogens with one attached hydrogen (secondary N) is 1. The third-order valence-electron chi connectivity index (χ3n) is 10.6. The highest BCUT2D eigenvalue weighted by molar-refractivity contribution is 5.82. The van der Waals surface area contributed by atoms with Crippen LogP contribution in [0.2, 0.25) is 0 Å². The standard InChI is InChI=1S/C30H36N2O2/c1-28-10-8-22-15-23-16-26(33)25(32(2)3)17-29(23)11-12-30(22,34-29)27(28)7-6-24(28)20-5-4-19-9-13-31-18-21(19)14-20/h4-5,8-9,13-15,18,24-27,33H,6-7,10-12,16-17H2,1-3H3/p+1. The van der Waals surface area contributed by atoms with Gasteiger partial charge >= 0.3 is 0 Å². The van der Waals surface area contributed by atoms with Crippen LogP contribution in [0.4, 0.5) is 0 Å². The molecule has 34 heavy (non-hydrogen) atoms. The van der Waals surface area contributed by atoms with Crippen LogP contribution < -0.4 is 4.90 Å². The zero-order chi connectivity index (χ0) is 23.3. The number of nitrogens with zero attached hydrogens (tertiary/aromatic N) is 1. The number of pyridine rings is 1. The summed E-state index contributed by atoms with van der Waals surface area (Å²) >= 11 is 0. The van der Waals surface area contributed by atoms with Gasteiger partial charge in [-0.15, -0.1) is 0 Å². The number of rotatable bonds is 2. The van der Waals surface area contributed by atoms with Crippen molar-refractivity contribution in [3.05, 3.63) is 65.5 Å². The summed E-state index contributed by atoms with van der Waals surface area (Å²) in [4.78, 5) is 5.71. The Bertz CT molecular complexity index is 1230. The van der Waals surface area contributed by atoms with Gasteiger partial charge in [0.25, 0.3) is 0 Å². The van der Waals surface area contributed by atoms with Crippen LogP contribution in [0.5, 0.6) is 0 Å².